The van der Waals surface area contributed by atoms with E-state index in [1.807, 2.05) is 48.9 Å². The molecule has 0 atom stereocenters. The highest BCUT2D eigenvalue weighted by Crippen LogP contribution is 2.12. The van der Waals surface area contributed by atoms with Gasteiger partial charge in [-0.2, -0.15) is 0 Å². The summed E-state index contributed by atoms with van der Waals surface area (Å²) in [5, 5.41) is 11.9. The van der Waals surface area contributed by atoms with Crippen molar-refractivity contribution in [1.82, 2.24) is 14.9 Å². The van der Waals surface area contributed by atoms with Gasteiger partial charge in [0.2, 0.25) is 5.91 Å². The van der Waals surface area contributed by atoms with E-state index in [4.69, 9.17) is 5.11 Å². The largest absolute Gasteiger partial charge is 0.396 e. The molecule has 0 aliphatic heterocycles. The Kier molecular flexibility index (Phi) is 5.12. The summed E-state index contributed by atoms with van der Waals surface area (Å²) < 4.78 is 1.91. The van der Waals surface area contributed by atoms with Crippen LogP contribution in [0.15, 0.2) is 49.1 Å². The van der Waals surface area contributed by atoms with Gasteiger partial charge in [0.25, 0.3) is 0 Å². The van der Waals surface area contributed by atoms with E-state index in [0.717, 1.165) is 11.3 Å². The van der Waals surface area contributed by atoms with Crippen LogP contribution in [0.1, 0.15) is 19.4 Å². The van der Waals surface area contributed by atoms with Gasteiger partial charge in [0.15, 0.2) is 0 Å². The summed E-state index contributed by atoms with van der Waals surface area (Å²) in [6.07, 6.45) is 8.60. The van der Waals surface area contributed by atoms with Gasteiger partial charge in [-0.3, -0.25) is 4.79 Å². The first-order valence-corrected chi connectivity index (χ1v) is 7.15. The molecule has 0 unspecified atom stereocenters. The molecule has 2 N–H and O–H groups in total. The van der Waals surface area contributed by atoms with Crippen molar-refractivity contribution >= 4 is 12.0 Å². The lowest BCUT2D eigenvalue weighted by Crippen LogP contribution is -2.35. The number of nitrogens with zero attached hydrogens (tertiary/aromatic N) is 2. The maximum absolute atomic E-state index is 11.7. The lowest BCUT2D eigenvalue weighted by Gasteiger charge is -2.21. The molecule has 0 saturated heterocycles. The monoisotopic (exact) mass is 299 g/mol. The third-order valence-electron chi connectivity index (χ3n) is 3.29. The van der Waals surface area contributed by atoms with Crippen molar-refractivity contribution in [2.45, 2.75) is 13.8 Å². The molecule has 1 amide bonds. The Hall–Kier alpha value is -2.40. The van der Waals surface area contributed by atoms with Crippen LogP contribution in [0, 0.1) is 5.41 Å². The third kappa shape index (κ3) is 4.56. The van der Waals surface area contributed by atoms with E-state index in [9.17, 15) is 4.79 Å². The van der Waals surface area contributed by atoms with Crippen molar-refractivity contribution in [3.63, 3.8) is 0 Å². The van der Waals surface area contributed by atoms with Crippen molar-refractivity contribution in [3.8, 4) is 5.69 Å². The van der Waals surface area contributed by atoms with E-state index < -0.39 is 0 Å². The minimum Gasteiger partial charge on any atom is -0.396 e. The SMILES string of the molecule is CC(C)(CO)CNC(=O)/C=C/c1ccc(-n2ccnc2)cc1. The number of carbonyl (C=O) groups excluding carboxylic acids is 1. The van der Waals surface area contributed by atoms with E-state index in [0.29, 0.717) is 6.54 Å². The predicted molar refractivity (Wildman–Crippen MR) is 86.5 cm³/mol. The summed E-state index contributed by atoms with van der Waals surface area (Å²) in [4.78, 5) is 15.7. The Labute approximate surface area is 130 Å². The Morgan fingerprint density at radius 2 is 2.09 bits per heavy atom. The second-order valence-electron chi connectivity index (χ2n) is 5.93. The predicted octanol–water partition coefficient (Wildman–Crippen LogP) is 2.02. The van der Waals surface area contributed by atoms with Gasteiger partial charge in [-0.1, -0.05) is 26.0 Å². The van der Waals surface area contributed by atoms with Crippen LogP contribution in [0.4, 0.5) is 0 Å². The third-order valence-corrected chi connectivity index (χ3v) is 3.29. The Balaban J connectivity index is 1.91. The fourth-order valence-corrected chi connectivity index (χ4v) is 1.78. The van der Waals surface area contributed by atoms with Crippen molar-refractivity contribution in [3.05, 3.63) is 54.6 Å². The van der Waals surface area contributed by atoms with Gasteiger partial charge in [0, 0.05) is 42.7 Å². The zero-order chi connectivity index (χ0) is 16.0. The van der Waals surface area contributed by atoms with Crippen LogP contribution in [0.2, 0.25) is 0 Å². The lowest BCUT2D eigenvalue weighted by atomic mass is 9.95. The number of imidazole rings is 1. The summed E-state index contributed by atoms with van der Waals surface area (Å²) >= 11 is 0. The zero-order valence-corrected chi connectivity index (χ0v) is 12.9. The molecule has 1 aromatic heterocycles. The second-order valence-corrected chi connectivity index (χ2v) is 5.93. The van der Waals surface area contributed by atoms with Crippen LogP contribution in [0.3, 0.4) is 0 Å². The zero-order valence-electron chi connectivity index (χ0n) is 12.9. The molecular weight excluding hydrogens is 278 g/mol. The molecule has 0 aliphatic carbocycles. The van der Waals surface area contributed by atoms with Crippen LogP contribution >= 0.6 is 0 Å². The second kappa shape index (κ2) is 7.04. The molecule has 116 valence electrons. The topological polar surface area (TPSA) is 67.2 Å². The number of aliphatic hydroxyl groups excluding tert-OH is 1. The molecule has 0 radical (unpaired) electrons. The van der Waals surface area contributed by atoms with Gasteiger partial charge in [0.1, 0.15) is 0 Å². The van der Waals surface area contributed by atoms with E-state index in [2.05, 4.69) is 10.3 Å². The number of benzene rings is 1. The van der Waals surface area contributed by atoms with Crippen LogP contribution in [-0.4, -0.2) is 33.7 Å². The minimum absolute atomic E-state index is 0.0344. The number of amides is 1. The highest BCUT2D eigenvalue weighted by molar-refractivity contribution is 5.91. The Bertz CT molecular complexity index is 628. The number of carbonyl (C=O) groups is 1. The normalized spacial score (nSPS) is 11.8. The summed E-state index contributed by atoms with van der Waals surface area (Å²) in [5.74, 6) is -0.166. The quantitative estimate of drug-likeness (QED) is 0.802. The molecule has 5 nitrogen and oxygen atoms in total. The number of hydrogen-bond acceptors (Lipinski definition) is 3. The average molecular weight is 299 g/mol. The van der Waals surface area contributed by atoms with Crippen molar-refractivity contribution in [2.24, 2.45) is 5.41 Å². The van der Waals surface area contributed by atoms with E-state index in [1.165, 1.54) is 6.08 Å². The number of hydrogen-bond donors (Lipinski definition) is 2. The molecule has 1 heterocycles. The Morgan fingerprint density at radius 1 is 1.36 bits per heavy atom. The van der Waals surface area contributed by atoms with Crippen molar-refractivity contribution < 1.29 is 9.90 Å². The van der Waals surface area contributed by atoms with E-state index in [1.54, 1.807) is 18.6 Å². The fourth-order valence-electron chi connectivity index (χ4n) is 1.78. The van der Waals surface area contributed by atoms with Gasteiger partial charge in [-0.25, -0.2) is 4.98 Å². The first kappa shape index (κ1) is 16.0. The molecule has 0 bridgehead atoms. The van der Waals surface area contributed by atoms with Crippen LogP contribution in [0.25, 0.3) is 11.8 Å². The summed E-state index contributed by atoms with van der Waals surface area (Å²) in [7, 11) is 0. The lowest BCUT2D eigenvalue weighted by molar-refractivity contribution is -0.116. The summed E-state index contributed by atoms with van der Waals surface area (Å²) in [6.45, 7) is 4.26. The molecule has 0 fully saturated rings. The molecule has 0 aliphatic rings. The van der Waals surface area contributed by atoms with Crippen LogP contribution in [-0.2, 0) is 4.79 Å². The molecule has 5 heteroatoms. The first-order valence-electron chi connectivity index (χ1n) is 7.15. The van der Waals surface area contributed by atoms with E-state index >= 15 is 0 Å². The highest BCUT2D eigenvalue weighted by Gasteiger charge is 2.16. The smallest absolute Gasteiger partial charge is 0.244 e. The van der Waals surface area contributed by atoms with Gasteiger partial charge in [-0.15, -0.1) is 0 Å². The number of rotatable bonds is 6. The molecular formula is C17H21N3O2. The fraction of sp³-hybridized carbons (Fsp3) is 0.294. The van der Waals surface area contributed by atoms with Crippen LogP contribution in [0.5, 0.6) is 0 Å². The summed E-state index contributed by atoms with van der Waals surface area (Å²) in [5.41, 5.74) is 1.65. The number of aliphatic hydroxyl groups is 1. The number of nitrogens with one attached hydrogen (secondary N) is 1. The number of aromatic nitrogens is 2. The minimum atomic E-state index is -0.310. The molecule has 22 heavy (non-hydrogen) atoms. The first-order chi connectivity index (χ1) is 10.5. The summed E-state index contributed by atoms with van der Waals surface area (Å²) in [6, 6.07) is 7.82. The van der Waals surface area contributed by atoms with Gasteiger partial charge in [0.05, 0.1) is 6.33 Å². The maximum atomic E-state index is 11.7. The molecule has 1 aromatic carbocycles. The highest BCUT2D eigenvalue weighted by atomic mass is 16.3. The van der Waals surface area contributed by atoms with Crippen LogP contribution < -0.4 is 5.32 Å². The van der Waals surface area contributed by atoms with Gasteiger partial charge < -0.3 is 15.0 Å². The molecule has 2 rings (SSSR count). The molecule has 0 saturated carbocycles. The van der Waals surface area contributed by atoms with E-state index in [-0.39, 0.29) is 17.9 Å². The average Bonchev–Trinajstić information content (AvgIpc) is 3.06. The van der Waals surface area contributed by atoms with Crippen molar-refractivity contribution in [2.75, 3.05) is 13.2 Å². The Morgan fingerprint density at radius 3 is 2.68 bits per heavy atom. The van der Waals surface area contributed by atoms with Gasteiger partial charge in [-0.05, 0) is 23.8 Å². The molecule has 0 spiro atoms. The maximum Gasteiger partial charge on any atom is 0.244 e. The standard InChI is InChI=1S/C17H21N3O2/c1-17(2,12-21)11-19-16(22)8-5-14-3-6-15(7-4-14)20-10-9-18-13-20/h3-10,13,21H,11-12H2,1-2H3,(H,19,22)/b8-5+. The molecule has 2 aromatic rings. The van der Waals surface area contributed by atoms with Crippen molar-refractivity contribution in [1.29, 1.82) is 0 Å². The van der Waals surface area contributed by atoms with Gasteiger partial charge >= 0.3 is 0 Å².